The zero-order chi connectivity index (χ0) is 38.3. The van der Waals surface area contributed by atoms with Crippen LogP contribution in [0.1, 0.15) is 220 Å². The average Bonchev–Trinajstić information content (AvgIpc) is 3.11. The Hall–Kier alpha value is -1.93. The van der Waals surface area contributed by atoms with Crippen molar-refractivity contribution in [3.8, 4) is 0 Å². The van der Waals surface area contributed by atoms with Crippen molar-refractivity contribution in [2.75, 3.05) is 13.2 Å². The summed E-state index contributed by atoms with van der Waals surface area (Å²) in [6, 6.07) is -0.606. The van der Waals surface area contributed by atoms with Crippen LogP contribution in [0.5, 0.6) is 0 Å². The molecule has 0 fully saturated rings. The van der Waals surface area contributed by atoms with E-state index in [0.29, 0.717) is 6.42 Å². The highest BCUT2D eigenvalue weighted by atomic mass is 16.6. The van der Waals surface area contributed by atoms with Crippen LogP contribution in [0, 0.1) is 0 Å². The van der Waals surface area contributed by atoms with Gasteiger partial charge in [0.2, 0.25) is 5.91 Å². The van der Waals surface area contributed by atoms with Crippen LogP contribution >= 0.6 is 0 Å². The van der Waals surface area contributed by atoms with E-state index in [4.69, 9.17) is 14.2 Å². The number of rotatable bonds is 39. The average molecular weight is 738 g/mol. The second-order valence-corrected chi connectivity index (χ2v) is 15.2. The quantitative estimate of drug-likeness (QED) is 0.0279. The fourth-order valence-corrected chi connectivity index (χ4v) is 6.29. The van der Waals surface area contributed by atoms with Crippen LogP contribution < -0.4 is 5.32 Å². The zero-order valence-corrected chi connectivity index (χ0v) is 34.4. The molecule has 0 aliphatic carbocycles. The number of carbonyl (C=O) groups is 3. The number of hydrogen-bond donors (Lipinski definition) is 2. The third-order valence-corrected chi connectivity index (χ3v) is 9.46. The summed E-state index contributed by atoms with van der Waals surface area (Å²) in [4.78, 5) is 36.8. The molecule has 0 saturated carbocycles. The molecule has 0 radical (unpaired) electrons. The number of amides is 1. The lowest BCUT2D eigenvalue weighted by molar-refractivity contribution is -0.153. The molecule has 306 valence electrons. The molecule has 0 aromatic carbocycles. The van der Waals surface area contributed by atoms with E-state index in [2.05, 4.69) is 19.2 Å². The first-order valence-electron chi connectivity index (χ1n) is 21.9. The number of carbonyl (C=O) groups excluding carboxylic acids is 3. The molecular weight excluding hydrogens is 654 g/mol. The number of aliphatic hydroxyl groups excluding tert-OH is 1. The molecule has 0 aromatic heterocycles. The number of allylic oxidation sites excluding steroid dienone is 1. The number of ether oxygens (including phenoxy) is 3. The molecule has 0 saturated heterocycles. The van der Waals surface area contributed by atoms with E-state index in [1.165, 1.54) is 141 Å². The van der Waals surface area contributed by atoms with Gasteiger partial charge in [-0.3, -0.25) is 14.4 Å². The Kier molecular flexibility index (Phi) is 37.3. The van der Waals surface area contributed by atoms with Crippen molar-refractivity contribution in [1.82, 2.24) is 5.32 Å². The maximum Gasteiger partial charge on any atom is 0.306 e. The fourth-order valence-electron chi connectivity index (χ4n) is 6.29. The lowest BCUT2D eigenvalue weighted by Crippen LogP contribution is -2.42. The molecule has 0 aliphatic heterocycles. The van der Waals surface area contributed by atoms with Crippen LogP contribution in [0.3, 0.4) is 0 Å². The minimum atomic E-state index is -1.11. The standard InChI is InChI=1S/C44H83NO7/c1-5-7-9-11-13-15-17-19-20-22-23-25-27-29-31-33-41(46)45-40(38-51-43(48)35-36-44(49)52-39(3)4)37-50-42(47)34-32-30-28-26-24-21-18-16-14-12-10-8-6-2/h32,34,39-40,42,47H,5-31,33,35-38H2,1-4H3,(H,45,46)/b34-32+/t40-,42+/m1/s1. The Morgan fingerprint density at radius 3 is 1.44 bits per heavy atom. The van der Waals surface area contributed by atoms with Crippen LogP contribution in [0.4, 0.5) is 0 Å². The van der Waals surface area contributed by atoms with Gasteiger partial charge in [0.15, 0.2) is 6.29 Å². The number of unbranched alkanes of at least 4 members (excludes halogenated alkanes) is 25. The van der Waals surface area contributed by atoms with Crippen LogP contribution in [-0.4, -0.2) is 54.6 Å². The Morgan fingerprint density at radius 1 is 0.558 bits per heavy atom. The van der Waals surface area contributed by atoms with Crippen molar-refractivity contribution < 1.29 is 33.7 Å². The molecule has 0 heterocycles. The van der Waals surface area contributed by atoms with Crippen LogP contribution in [-0.2, 0) is 28.6 Å². The van der Waals surface area contributed by atoms with E-state index in [0.717, 1.165) is 32.1 Å². The number of hydrogen-bond acceptors (Lipinski definition) is 7. The Labute approximate surface area is 320 Å². The summed E-state index contributed by atoms with van der Waals surface area (Å²) in [6.45, 7) is 7.93. The molecule has 2 atom stereocenters. The lowest BCUT2D eigenvalue weighted by Gasteiger charge is -2.20. The molecule has 8 nitrogen and oxygen atoms in total. The lowest BCUT2D eigenvalue weighted by atomic mass is 10.0. The Balaban J connectivity index is 4.34. The minimum Gasteiger partial charge on any atom is -0.463 e. The highest BCUT2D eigenvalue weighted by Crippen LogP contribution is 2.15. The molecule has 8 heteroatoms. The van der Waals surface area contributed by atoms with Crippen molar-refractivity contribution in [3.05, 3.63) is 12.2 Å². The Bertz CT molecular complexity index is 846. The van der Waals surface area contributed by atoms with Crippen molar-refractivity contribution in [2.45, 2.75) is 239 Å². The van der Waals surface area contributed by atoms with E-state index >= 15 is 0 Å². The SMILES string of the molecule is CCCCCCCCCCCCC/C=C/[C@@H](O)OC[C@H](COC(=O)CCC(=O)OC(C)C)NC(=O)CCCCCCCCCCCCCCCCC. The van der Waals surface area contributed by atoms with Gasteiger partial charge in [0.1, 0.15) is 6.61 Å². The maximum atomic E-state index is 12.8. The van der Waals surface area contributed by atoms with E-state index < -0.39 is 24.3 Å². The highest BCUT2D eigenvalue weighted by molar-refractivity contribution is 5.78. The van der Waals surface area contributed by atoms with Crippen molar-refractivity contribution in [2.24, 2.45) is 0 Å². The maximum absolute atomic E-state index is 12.8. The van der Waals surface area contributed by atoms with Crippen LogP contribution in [0.25, 0.3) is 0 Å². The van der Waals surface area contributed by atoms with Gasteiger partial charge in [-0.25, -0.2) is 0 Å². The van der Waals surface area contributed by atoms with Gasteiger partial charge in [0.25, 0.3) is 0 Å². The first-order valence-corrected chi connectivity index (χ1v) is 21.9. The molecule has 0 unspecified atom stereocenters. The zero-order valence-electron chi connectivity index (χ0n) is 34.4. The van der Waals surface area contributed by atoms with Crippen molar-refractivity contribution in [1.29, 1.82) is 0 Å². The predicted molar refractivity (Wildman–Crippen MR) is 215 cm³/mol. The monoisotopic (exact) mass is 738 g/mol. The van der Waals surface area contributed by atoms with Gasteiger partial charge in [-0.15, -0.1) is 0 Å². The molecule has 0 rings (SSSR count). The van der Waals surface area contributed by atoms with Gasteiger partial charge in [-0.1, -0.05) is 174 Å². The van der Waals surface area contributed by atoms with Crippen LogP contribution in [0.2, 0.25) is 0 Å². The van der Waals surface area contributed by atoms with Gasteiger partial charge in [0, 0.05) is 6.42 Å². The van der Waals surface area contributed by atoms with E-state index in [9.17, 15) is 19.5 Å². The molecule has 0 spiro atoms. The smallest absolute Gasteiger partial charge is 0.306 e. The number of aliphatic hydroxyl groups is 1. The van der Waals surface area contributed by atoms with Gasteiger partial charge < -0.3 is 24.6 Å². The van der Waals surface area contributed by atoms with E-state index in [1.54, 1.807) is 19.9 Å². The molecular formula is C44H83NO7. The molecule has 0 aliphatic rings. The summed E-state index contributed by atoms with van der Waals surface area (Å²) < 4.78 is 16.0. The first kappa shape index (κ1) is 50.1. The number of nitrogens with one attached hydrogen (secondary N) is 1. The van der Waals surface area contributed by atoms with E-state index in [-0.39, 0.29) is 38.1 Å². The molecule has 2 N–H and O–H groups in total. The largest absolute Gasteiger partial charge is 0.463 e. The molecule has 52 heavy (non-hydrogen) atoms. The van der Waals surface area contributed by atoms with E-state index in [1.807, 2.05) is 6.08 Å². The summed E-state index contributed by atoms with van der Waals surface area (Å²) >= 11 is 0. The second kappa shape index (κ2) is 38.8. The van der Waals surface area contributed by atoms with Gasteiger partial charge in [-0.05, 0) is 39.2 Å². The predicted octanol–water partition coefficient (Wildman–Crippen LogP) is 11.6. The van der Waals surface area contributed by atoms with Crippen molar-refractivity contribution >= 4 is 17.8 Å². The minimum absolute atomic E-state index is 0.00276. The first-order chi connectivity index (χ1) is 25.3. The second-order valence-electron chi connectivity index (χ2n) is 15.2. The summed E-state index contributed by atoms with van der Waals surface area (Å²) in [7, 11) is 0. The number of esters is 2. The third kappa shape index (κ3) is 37.8. The van der Waals surface area contributed by atoms with Gasteiger partial charge in [-0.2, -0.15) is 0 Å². The molecule has 0 aromatic rings. The van der Waals surface area contributed by atoms with Crippen molar-refractivity contribution in [3.63, 3.8) is 0 Å². The molecule has 0 bridgehead atoms. The van der Waals surface area contributed by atoms with Crippen LogP contribution in [0.15, 0.2) is 12.2 Å². The normalized spacial score (nSPS) is 12.7. The summed E-state index contributed by atoms with van der Waals surface area (Å²) in [5.74, 6) is -1.12. The summed E-state index contributed by atoms with van der Waals surface area (Å²) in [5.41, 5.74) is 0. The third-order valence-electron chi connectivity index (χ3n) is 9.46. The Morgan fingerprint density at radius 2 is 0.981 bits per heavy atom. The fraction of sp³-hybridized carbons (Fsp3) is 0.886. The van der Waals surface area contributed by atoms with Gasteiger partial charge >= 0.3 is 11.9 Å². The summed E-state index contributed by atoms with van der Waals surface area (Å²) in [5, 5.41) is 13.3. The summed E-state index contributed by atoms with van der Waals surface area (Å²) in [6.07, 6.45) is 36.6. The topological polar surface area (TPSA) is 111 Å². The highest BCUT2D eigenvalue weighted by Gasteiger charge is 2.18. The molecule has 1 amide bonds. The van der Waals surface area contributed by atoms with Gasteiger partial charge in [0.05, 0.1) is 31.6 Å².